The SMILES string of the molecule is O=[N+]([O-])c1ccccc1-c1cccc2c1-c1ccccc1CC2. The van der Waals surface area contributed by atoms with Crippen molar-refractivity contribution < 1.29 is 4.92 Å². The van der Waals surface area contributed by atoms with Crippen LogP contribution in [0.4, 0.5) is 5.69 Å². The van der Waals surface area contributed by atoms with E-state index in [-0.39, 0.29) is 10.6 Å². The average molecular weight is 301 g/mol. The third-order valence-corrected chi connectivity index (χ3v) is 4.49. The monoisotopic (exact) mass is 301 g/mol. The lowest BCUT2D eigenvalue weighted by Gasteiger charge is -2.22. The summed E-state index contributed by atoms with van der Waals surface area (Å²) in [6, 6.07) is 21.4. The Hall–Kier alpha value is -2.94. The Balaban J connectivity index is 2.03. The van der Waals surface area contributed by atoms with Gasteiger partial charge in [-0.25, -0.2) is 0 Å². The van der Waals surface area contributed by atoms with Gasteiger partial charge in [-0.05, 0) is 46.7 Å². The van der Waals surface area contributed by atoms with Gasteiger partial charge in [0.25, 0.3) is 5.69 Å². The van der Waals surface area contributed by atoms with E-state index >= 15 is 0 Å². The molecule has 0 bridgehead atoms. The number of nitrogens with zero attached hydrogens (tertiary/aromatic N) is 1. The molecule has 0 amide bonds. The van der Waals surface area contributed by atoms with Crippen LogP contribution in [0.3, 0.4) is 0 Å². The van der Waals surface area contributed by atoms with Crippen molar-refractivity contribution in [2.75, 3.05) is 0 Å². The van der Waals surface area contributed by atoms with Crippen LogP contribution < -0.4 is 0 Å². The number of fused-ring (bicyclic) bond motifs is 3. The van der Waals surface area contributed by atoms with Crippen LogP contribution >= 0.6 is 0 Å². The predicted octanol–water partition coefficient (Wildman–Crippen LogP) is 5.03. The molecular weight excluding hydrogens is 286 g/mol. The number of aryl methyl sites for hydroxylation is 2. The van der Waals surface area contributed by atoms with Crippen LogP contribution in [0.5, 0.6) is 0 Å². The minimum Gasteiger partial charge on any atom is -0.258 e. The molecule has 0 saturated heterocycles. The van der Waals surface area contributed by atoms with E-state index < -0.39 is 0 Å². The number of hydrogen-bond acceptors (Lipinski definition) is 2. The Morgan fingerprint density at radius 1 is 0.696 bits per heavy atom. The first-order valence-corrected chi connectivity index (χ1v) is 7.69. The summed E-state index contributed by atoms with van der Waals surface area (Å²) >= 11 is 0. The van der Waals surface area contributed by atoms with Crippen LogP contribution in [0, 0.1) is 10.1 Å². The van der Waals surface area contributed by atoms with E-state index in [2.05, 4.69) is 24.3 Å². The van der Waals surface area contributed by atoms with E-state index in [0.717, 1.165) is 24.0 Å². The minimum absolute atomic E-state index is 0.156. The lowest BCUT2D eigenvalue weighted by atomic mass is 9.81. The Morgan fingerprint density at radius 3 is 2.13 bits per heavy atom. The minimum atomic E-state index is -0.302. The molecule has 0 unspecified atom stereocenters. The molecule has 0 fully saturated rings. The van der Waals surface area contributed by atoms with Crippen LogP contribution in [-0.2, 0) is 12.8 Å². The first-order chi connectivity index (χ1) is 11.3. The number of hydrogen-bond donors (Lipinski definition) is 0. The average Bonchev–Trinajstić information content (AvgIpc) is 2.61. The maximum atomic E-state index is 11.4. The van der Waals surface area contributed by atoms with Gasteiger partial charge in [-0.2, -0.15) is 0 Å². The number of para-hydroxylation sites is 1. The van der Waals surface area contributed by atoms with Crippen molar-refractivity contribution in [1.82, 2.24) is 0 Å². The lowest BCUT2D eigenvalue weighted by Crippen LogP contribution is -2.05. The smallest absolute Gasteiger partial charge is 0.258 e. The lowest BCUT2D eigenvalue weighted by molar-refractivity contribution is -0.384. The molecule has 3 aromatic rings. The highest BCUT2D eigenvalue weighted by atomic mass is 16.6. The molecule has 0 radical (unpaired) electrons. The van der Waals surface area contributed by atoms with Gasteiger partial charge < -0.3 is 0 Å². The zero-order valence-electron chi connectivity index (χ0n) is 12.5. The van der Waals surface area contributed by atoms with Crippen LogP contribution in [0.2, 0.25) is 0 Å². The van der Waals surface area contributed by atoms with Crippen molar-refractivity contribution in [3.05, 3.63) is 88.0 Å². The van der Waals surface area contributed by atoms with Crippen LogP contribution in [-0.4, -0.2) is 4.92 Å². The molecule has 0 spiro atoms. The first-order valence-electron chi connectivity index (χ1n) is 7.69. The van der Waals surface area contributed by atoms with Crippen molar-refractivity contribution >= 4 is 5.69 Å². The maximum Gasteiger partial charge on any atom is 0.277 e. The Morgan fingerprint density at radius 2 is 1.30 bits per heavy atom. The molecule has 0 aliphatic heterocycles. The number of rotatable bonds is 2. The summed E-state index contributed by atoms with van der Waals surface area (Å²) in [5.74, 6) is 0. The van der Waals surface area contributed by atoms with Gasteiger partial charge in [0, 0.05) is 6.07 Å². The van der Waals surface area contributed by atoms with E-state index in [1.807, 2.05) is 30.3 Å². The van der Waals surface area contributed by atoms with Gasteiger partial charge in [-0.15, -0.1) is 0 Å². The second-order valence-electron chi connectivity index (χ2n) is 5.77. The van der Waals surface area contributed by atoms with Gasteiger partial charge in [-0.3, -0.25) is 10.1 Å². The van der Waals surface area contributed by atoms with E-state index in [4.69, 9.17) is 0 Å². The van der Waals surface area contributed by atoms with Crippen molar-refractivity contribution in [3.8, 4) is 22.3 Å². The van der Waals surface area contributed by atoms with E-state index in [9.17, 15) is 10.1 Å². The summed E-state index contributed by atoms with van der Waals surface area (Å²) in [5, 5.41) is 11.4. The van der Waals surface area contributed by atoms with E-state index in [0.29, 0.717) is 5.56 Å². The fraction of sp³-hybridized carbons (Fsp3) is 0.100. The van der Waals surface area contributed by atoms with E-state index in [1.54, 1.807) is 12.1 Å². The molecule has 3 heteroatoms. The van der Waals surface area contributed by atoms with Crippen molar-refractivity contribution in [2.45, 2.75) is 12.8 Å². The molecule has 1 aliphatic rings. The standard InChI is InChI=1S/C20H15NO2/c22-21(23)19-11-4-3-9-17(19)18-10-5-7-15-13-12-14-6-1-2-8-16(14)20(15)18/h1-11H,12-13H2. The summed E-state index contributed by atoms with van der Waals surface area (Å²) in [5.41, 5.74) is 6.70. The van der Waals surface area contributed by atoms with Crippen molar-refractivity contribution in [1.29, 1.82) is 0 Å². The molecule has 3 aromatic carbocycles. The van der Waals surface area contributed by atoms with E-state index in [1.165, 1.54) is 16.7 Å². The Bertz CT molecular complexity index is 915. The van der Waals surface area contributed by atoms with Gasteiger partial charge >= 0.3 is 0 Å². The van der Waals surface area contributed by atoms with Crippen molar-refractivity contribution in [2.24, 2.45) is 0 Å². The van der Waals surface area contributed by atoms with Gasteiger partial charge in [-0.1, -0.05) is 54.6 Å². The molecule has 1 aliphatic carbocycles. The number of nitro benzene ring substituents is 1. The summed E-state index contributed by atoms with van der Waals surface area (Å²) in [7, 11) is 0. The molecule has 3 nitrogen and oxygen atoms in total. The molecule has 4 rings (SSSR count). The van der Waals surface area contributed by atoms with Gasteiger partial charge in [0.1, 0.15) is 0 Å². The third kappa shape index (κ3) is 2.21. The van der Waals surface area contributed by atoms with Crippen LogP contribution in [0.25, 0.3) is 22.3 Å². The van der Waals surface area contributed by atoms with Crippen molar-refractivity contribution in [3.63, 3.8) is 0 Å². The highest BCUT2D eigenvalue weighted by Crippen LogP contribution is 2.42. The van der Waals surface area contributed by atoms with Crippen LogP contribution in [0.15, 0.2) is 66.7 Å². The molecular formula is C20H15NO2. The zero-order valence-corrected chi connectivity index (χ0v) is 12.5. The molecule has 0 N–H and O–H groups in total. The molecule has 112 valence electrons. The number of benzene rings is 3. The second-order valence-corrected chi connectivity index (χ2v) is 5.77. The Kier molecular flexibility index (Phi) is 3.19. The van der Waals surface area contributed by atoms with Gasteiger partial charge in [0.05, 0.1) is 10.5 Å². The highest BCUT2D eigenvalue weighted by molar-refractivity contribution is 5.91. The maximum absolute atomic E-state index is 11.4. The molecule has 0 saturated carbocycles. The third-order valence-electron chi connectivity index (χ3n) is 4.49. The summed E-state index contributed by atoms with van der Waals surface area (Å²) in [6.07, 6.45) is 1.99. The quantitative estimate of drug-likeness (QED) is 0.492. The second kappa shape index (κ2) is 5.36. The molecule has 23 heavy (non-hydrogen) atoms. The zero-order chi connectivity index (χ0) is 15.8. The normalized spacial score (nSPS) is 12.3. The Labute approximate surface area is 134 Å². The molecule has 0 atom stereocenters. The fourth-order valence-electron chi connectivity index (χ4n) is 3.46. The fourth-order valence-corrected chi connectivity index (χ4v) is 3.46. The predicted molar refractivity (Wildman–Crippen MR) is 91.4 cm³/mol. The molecule has 0 aromatic heterocycles. The topological polar surface area (TPSA) is 43.1 Å². The summed E-state index contributed by atoms with van der Waals surface area (Å²) < 4.78 is 0. The van der Waals surface area contributed by atoms with Gasteiger partial charge in [0.15, 0.2) is 0 Å². The number of nitro groups is 1. The highest BCUT2D eigenvalue weighted by Gasteiger charge is 2.23. The summed E-state index contributed by atoms with van der Waals surface area (Å²) in [4.78, 5) is 11.1. The van der Waals surface area contributed by atoms with Gasteiger partial charge in [0.2, 0.25) is 0 Å². The molecule has 0 heterocycles. The van der Waals surface area contributed by atoms with Crippen LogP contribution in [0.1, 0.15) is 11.1 Å². The largest absolute Gasteiger partial charge is 0.277 e. The summed E-state index contributed by atoms with van der Waals surface area (Å²) in [6.45, 7) is 0. The first kappa shape index (κ1) is 13.7.